The highest BCUT2D eigenvalue weighted by Crippen LogP contribution is 2.15. The van der Waals surface area contributed by atoms with Gasteiger partial charge in [0.25, 0.3) is 0 Å². The van der Waals surface area contributed by atoms with E-state index in [4.69, 9.17) is 4.74 Å². The van der Waals surface area contributed by atoms with Crippen LogP contribution in [-0.2, 0) is 11.3 Å². The van der Waals surface area contributed by atoms with E-state index in [2.05, 4.69) is 10.1 Å². The summed E-state index contributed by atoms with van der Waals surface area (Å²) in [5.41, 5.74) is 1.78. The molecular formula is C19H19F2NO3. The zero-order chi connectivity index (χ0) is 17.9. The van der Waals surface area contributed by atoms with Gasteiger partial charge in [-0.25, -0.2) is 4.79 Å². The lowest BCUT2D eigenvalue weighted by Crippen LogP contribution is -2.24. The standard InChI is InChI=1S/C19H19F2NO3/c20-18(21)25-17-11-9-15(10-12-17)6-4-5-13-22-19(23)24-14-16-7-2-1-3-8-16/h1-4,6-12,18H,5,13-14H2,(H,22,23). The van der Waals surface area contributed by atoms with Gasteiger partial charge in [-0.05, 0) is 29.7 Å². The highest BCUT2D eigenvalue weighted by atomic mass is 19.3. The summed E-state index contributed by atoms with van der Waals surface area (Å²) in [5.74, 6) is 0.120. The molecule has 2 aromatic rings. The normalized spacial score (nSPS) is 10.8. The molecule has 0 saturated carbocycles. The molecule has 25 heavy (non-hydrogen) atoms. The van der Waals surface area contributed by atoms with Crippen LogP contribution in [0.5, 0.6) is 5.75 Å². The number of nitrogens with one attached hydrogen (secondary N) is 1. The second-order valence-corrected chi connectivity index (χ2v) is 5.13. The number of ether oxygens (including phenoxy) is 2. The fourth-order valence-electron chi connectivity index (χ4n) is 2.01. The van der Waals surface area contributed by atoms with Gasteiger partial charge in [-0.2, -0.15) is 8.78 Å². The number of halogens is 2. The summed E-state index contributed by atoms with van der Waals surface area (Å²) in [6, 6.07) is 15.7. The van der Waals surface area contributed by atoms with Gasteiger partial charge in [-0.3, -0.25) is 0 Å². The van der Waals surface area contributed by atoms with Crippen molar-refractivity contribution in [2.24, 2.45) is 0 Å². The number of amides is 1. The summed E-state index contributed by atoms with van der Waals surface area (Å²) in [7, 11) is 0. The monoisotopic (exact) mass is 347 g/mol. The van der Waals surface area contributed by atoms with E-state index < -0.39 is 12.7 Å². The molecule has 1 N–H and O–H groups in total. The van der Waals surface area contributed by atoms with Crippen LogP contribution >= 0.6 is 0 Å². The Hall–Kier alpha value is -2.89. The van der Waals surface area contributed by atoms with Crippen LogP contribution in [0.4, 0.5) is 13.6 Å². The Morgan fingerprint density at radius 3 is 2.48 bits per heavy atom. The maximum Gasteiger partial charge on any atom is 0.407 e. The van der Waals surface area contributed by atoms with Crippen molar-refractivity contribution in [3.05, 3.63) is 71.8 Å². The Morgan fingerprint density at radius 2 is 1.80 bits per heavy atom. The summed E-state index contributed by atoms with van der Waals surface area (Å²) < 4.78 is 33.5. The molecule has 1 amide bonds. The molecule has 0 spiro atoms. The van der Waals surface area contributed by atoms with Crippen LogP contribution in [0.25, 0.3) is 6.08 Å². The van der Waals surface area contributed by atoms with E-state index in [1.165, 1.54) is 12.1 Å². The smallest absolute Gasteiger partial charge is 0.407 e. The summed E-state index contributed by atoms with van der Waals surface area (Å²) in [5, 5.41) is 2.65. The van der Waals surface area contributed by atoms with Crippen LogP contribution in [0.2, 0.25) is 0 Å². The molecule has 0 heterocycles. The van der Waals surface area contributed by atoms with Gasteiger partial charge < -0.3 is 14.8 Å². The molecule has 0 saturated heterocycles. The zero-order valence-corrected chi connectivity index (χ0v) is 13.5. The van der Waals surface area contributed by atoms with Crippen molar-refractivity contribution in [2.45, 2.75) is 19.6 Å². The highest BCUT2D eigenvalue weighted by molar-refractivity contribution is 5.67. The molecule has 0 aliphatic heterocycles. The number of hydrogen-bond donors (Lipinski definition) is 1. The molecule has 0 bridgehead atoms. The van der Waals surface area contributed by atoms with Crippen LogP contribution in [0.1, 0.15) is 17.5 Å². The fourth-order valence-corrected chi connectivity index (χ4v) is 2.01. The fraction of sp³-hybridized carbons (Fsp3) is 0.211. The van der Waals surface area contributed by atoms with Crippen molar-refractivity contribution in [2.75, 3.05) is 6.54 Å². The first-order valence-corrected chi connectivity index (χ1v) is 7.79. The van der Waals surface area contributed by atoms with Crippen molar-refractivity contribution in [1.29, 1.82) is 0 Å². The van der Waals surface area contributed by atoms with Gasteiger partial charge >= 0.3 is 12.7 Å². The van der Waals surface area contributed by atoms with E-state index in [0.29, 0.717) is 13.0 Å². The topological polar surface area (TPSA) is 47.6 Å². The van der Waals surface area contributed by atoms with E-state index in [9.17, 15) is 13.6 Å². The molecule has 0 fully saturated rings. The lowest BCUT2D eigenvalue weighted by Gasteiger charge is -2.06. The summed E-state index contributed by atoms with van der Waals surface area (Å²) in [4.78, 5) is 11.5. The van der Waals surface area contributed by atoms with Gasteiger partial charge in [-0.15, -0.1) is 0 Å². The first-order chi connectivity index (χ1) is 12.1. The third-order valence-electron chi connectivity index (χ3n) is 3.21. The minimum Gasteiger partial charge on any atom is -0.445 e. The predicted octanol–water partition coefficient (Wildman–Crippen LogP) is 4.62. The molecule has 132 valence electrons. The molecule has 6 heteroatoms. The van der Waals surface area contributed by atoms with Gasteiger partial charge in [0.2, 0.25) is 0 Å². The van der Waals surface area contributed by atoms with Crippen molar-refractivity contribution >= 4 is 12.2 Å². The average Bonchev–Trinajstić information content (AvgIpc) is 2.61. The molecular weight excluding hydrogens is 328 g/mol. The Bertz CT molecular complexity index is 673. The van der Waals surface area contributed by atoms with Crippen molar-refractivity contribution in [3.8, 4) is 5.75 Å². The lowest BCUT2D eigenvalue weighted by atomic mass is 10.2. The zero-order valence-electron chi connectivity index (χ0n) is 13.5. The summed E-state index contributed by atoms with van der Waals surface area (Å²) in [6.45, 7) is -2.15. The second kappa shape index (κ2) is 10.1. The number of alkyl halides is 2. The van der Waals surface area contributed by atoms with Crippen LogP contribution in [0.15, 0.2) is 60.7 Å². The van der Waals surface area contributed by atoms with Gasteiger partial charge in [0.15, 0.2) is 0 Å². The molecule has 0 aliphatic carbocycles. The molecule has 2 rings (SSSR count). The third kappa shape index (κ3) is 7.48. The molecule has 0 atom stereocenters. The number of benzene rings is 2. The van der Waals surface area contributed by atoms with E-state index >= 15 is 0 Å². The van der Waals surface area contributed by atoms with Gasteiger partial charge in [0, 0.05) is 6.54 Å². The average molecular weight is 347 g/mol. The van der Waals surface area contributed by atoms with Crippen LogP contribution in [0, 0.1) is 0 Å². The molecule has 0 unspecified atom stereocenters. The summed E-state index contributed by atoms with van der Waals surface area (Å²) in [6.07, 6.45) is 3.87. The Morgan fingerprint density at radius 1 is 1.08 bits per heavy atom. The van der Waals surface area contributed by atoms with E-state index in [0.717, 1.165) is 11.1 Å². The van der Waals surface area contributed by atoms with Gasteiger partial charge in [0.1, 0.15) is 12.4 Å². The van der Waals surface area contributed by atoms with Crippen LogP contribution < -0.4 is 10.1 Å². The number of hydrogen-bond acceptors (Lipinski definition) is 3. The SMILES string of the molecule is O=C(NCCC=Cc1ccc(OC(F)F)cc1)OCc1ccccc1. The number of carbonyl (C=O) groups is 1. The molecule has 0 radical (unpaired) electrons. The Kier molecular flexibility index (Phi) is 7.43. The Labute approximate surface area is 145 Å². The largest absolute Gasteiger partial charge is 0.445 e. The number of rotatable bonds is 8. The number of carbonyl (C=O) groups excluding carboxylic acids is 1. The molecule has 4 nitrogen and oxygen atoms in total. The van der Waals surface area contributed by atoms with Crippen LogP contribution in [-0.4, -0.2) is 19.2 Å². The molecule has 0 aliphatic rings. The van der Waals surface area contributed by atoms with Gasteiger partial charge in [-0.1, -0.05) is 54.6 Å². The van der Waals surface area contributed by atoms with Crippen LogP contribution in [0.3, 0.4) is 0 Å². The minimum absolute atomic E-state index is 0.120. The predicted molar refractivity (Wildman–Crippen MR) is 91.4 cm³/mol. The lowest BCUT2D eigenvalue weighted by molar-refractivity contribution is -0.0498. The highest BCUT2D eigenvalue weighted by Gasteiger charge is 2.03. The summed E-state index contributed by atoms with van der Waals surface area (Å²) >= 11 is 0. The second-order valence-electron chi connectivity index (χ2n) is 5.13. The maximum absolute atomic E-state index is 12.0. The third-order valence-corrected chi connectivity index (χ3v) is 3.21. The molecule has 0 aromatic heterocycles. The quantitative estimate of drug-likeness (QED) is 0.709. The van der Waals surface area contributed by atoms with Gasteiger partial charge in [0.05, 0.1) is 0 Å². The Balaban J connectivity index is 1.63. The van der Waals surface area contributed by atoms with E-state index in [-0.39, 0.29) is 12.4 Å². The van der Waals surface area contributed by atoms with E-state index in [1.54, 1.807) is 12.1 Å². The van der Waals surface area contributed by atoms with Crippen molar-refractivity contribution in [3.63, 3.8) is 0 Å². The van der Waals surface area contributed by atoms with Crippen molar-refractivity contribution < 1.29 is 23.0 Å². The minimum atomic E-state index is -2.82. The van der Waals surface area contributed by atoms with Crippen molar-refractivity contribution in [1.82, 2.24) is 5.32 Å². The first-order valence-electron chi connectivity index (χ1n) is 7.79. The first kappa shape index (κ1) is 18.4. The maximum atomic E-state index is 12.0. The molecule has 2 aromatic carbocycles. The number of alkyl carbamates (subject to hydrolysis) is 1. The van der Waals surface area contributed by atoms with E-state index in [1.807, 2.05) is 42.5 Å².